The van der Waals surface area contributed by atoms with Crippen LogP contribution in [0, 0.1) is 0 Å². The summed E-state index contributed by atoms with van der Waals surface area (Å²) in [5.41, 5.74) is 1.05. The van der Waals surface area contributed by atoms with Crippen molar-refractivity contribution in [2.24, 2.45) is 0 Å². The molecule has 0 aromatic carbocycles. The van der Waals surface area contributed by atoms with Gasteiger partial charge in [0.25, 0.3) is 0 Å². The van der Waals surface area contributed by atoms with Crippen molar-refractivity contribution < 1.29 is 0 Å². The van der Waals surface area contributed by atoms with Crippen molar-refractivity contribution in [3.05, 3.63) is 30.4 Å². The molecule has 6 nitrogen and oxygen atoms in total. The summed E-state index contributed by atoms with van der Waals surface area (Å²) in [6.07, 6.45) is 6.58. The Morgan fingerprint density at radius 1 is 1.32 bits per heavy atom. The van der Waals surface area contributed by atoms with Gasteiger partial charge in [-0.25, -0.2) is 14.6 Å². The van der Waals surface area contributed by atoms with Crippen molar-refractivity contribution in [1.82, 2.24) is 29.6 Å². The first kappa shape index (κ1) is 13.7. The number of nitrogens with one attached hydrogen (secondary N) is 1. The SMILES string of the molecule is CCCn1ncnc1Cn1cnc(CNC(C)C)c1. The van der Waals surface area contributed by atoms with Gasteiger partial charge in [0.1, 0.15) is 12.2 Å². The molecule has 1 N–H and O–H groups in total. The van der Waals surface area contributed by atoms with Crippen LogP contribution in [-0.2, 0) is 19.6 Å². The highest BCUT2D eigenvalue weighted by molar-refractivity contribution is 4.99. The Morgan fingerprint density at radius 2 is 2.16 bits per heavy atom. The topological polar surface area (TPSA) is 60.6 Å². The number of hydrogen-bond donors (Lipinski definition) is 1. The zero-order chi connectivity index (χ0) is 13.7. The van der Waals surface area contributed by atoms with Crippen LogP contribution in [0.3, 0.4) is 0 Å². The molecule has 104 valence electrons. The summed E-state index contributed by atoms with van der Waals surface area (Å²) in [5.74, 6) is 0.975. The summed E-state index contributed by atoms with van der Waals surface area (Å²) < 4.78 is 4.00. The van der Waals surface area contributed by atoms with Gasteiger partial charge >= 0.3 is 0 Å². The molecular weight excluding hydrogens is 240 g/mol. The van der Waals surface area contributed by atoms with Crippen molar-refractivity contribution in [3.8, 4) is 0 Å². The zero-order valence-electron chi connectivity index (χ0n) is 11.9. The third-order valence-corrected chi connectivity index (χ3v) is 2.83. The van der Waals surface area contributed by atoms with Gasteiger partial charge in [0.05, 0.1) is 18.6 Å². The molecule has 0 aliphatic rings. The lowest BCUT2D eigenvalue weighted by Gasteiger charge is -2.05. The predicted molar refractivity (Wildman–Crippen MR) is 73.6 cm³/mol. The molecule has 0 aliphatic carbocycles. The van der Waals surface area contributed by atoms with Crippen molar-refractivity contribution in [2.45, 2.75) is 52.9 Å². The van der Waals surface area contributed by atoms with E-state index in [1.54, 1.807) is 6.33 Å². The Labute approximate surface area is 113 Å². The number of nitrogens with zero attached hydrogens (tertiary/aromatic N) is 5. The Morgan fingerprint density at radius 3 is 2.89 bits per heavy atom. The molecule has 6 heteroatoms. The van der Waals surface area contributed by atoms with Crippen LogP contribution >= 0.6 is 0 Å². The summed E-state index contributed by atoms with van der Waals surface area (Å²) in [6.45, 7) is 8.82. The third kappa shape index (κ3) is 3.89. The molecule has 0 aliphatic heterocycles. The van der Waals surface area contributed by atoms with Crippen molar-refractivity contribution in [2.75, 3.05) is 0 Å². The molecule has 19 heavy (non-hydrogen) atoms. The second-order valence-corrected chi connectivity index (χ2v) is 4.97. The highest BCUT2D eigenvalue weighted by atomic mass is 15.3. The van der Waals surface area contributed by atoms with E-state index in [0.29, 0.717) is 12.6 Å². The van der Waals surface area contributed by atoms with Gasteiger partial charge in [-0.05, 0) is 6.42 Å². The van der Waals surface area contributed by atoms with Crippen LogP contribution in [0.5, 0.6) is 0 Å². The molecule has 0 saturated carbocycles. The first-order valence-electron chi connectivity index (χ1n) is 6.79. The molecule has 2 aromatic rings. The molecule has 2 heterocycles. The molecule has 0 saturated heterocycles. The number of imidazole rings is 1. The lowest BCUT2D eigenvalue weighted by molar-refractivity contribution is 0.553. The number of hydrogen-bond acceptors (Lipinski definition) is 4. The first-order chi connectivity index (χ1) is 9.19. The first-order valence-corrected chi connectivity index (χ1v) is 6.79. The maximum atomic E-state index is 4.39. The molecule has 0 unspecified atom stereocenters. The second kappa shape index (κ2) is 6.47. The van der Waals surface area contributed by atoms with E-state index in [1.165, 1.54) is 0 Å². The third-order valence-electron chi connectivity index (χ3n) is 2.83. The summed E-state index contributed by atoms with van der Waals surface area (Å²) >= 11 is 0. The van der Waals surface area contributed by atoms with Gasteiger partial charge in [0, 0.05) is 25.3 Å². The van der Waals surface area contributed by atoms with E-state index in [2.05, 4.69) is 47.4 Å². The standard InChI is InChI=1S/C13H22N6/c1-4-5-19-13(15-9-17-19)8-18-7-12(16-10-18)6-14-11(2)3/h7,9-11,14H,4-6,8H2,1-3H3. The summed E-state index contributed by atoms with van der Waals surface area (Å²) in [5, 5.41) is 7.58. The zero-order valence-corrected chi connectivity index (χ0v) is 11.9. The number of aromatic nitrogens is 5. The minimum absolute atomic E-state index is 0.470. The molecule has 0 atom stereocenters. The average Bonchev–Trinajstić information content (AvgIpc) is 2.98. The van der Waals surface area contributed by atoms with Crippen LogP contribution in [0.25, 0.3) is 0 Å². The quantitative estimate of drug-likeness (QED) is 0.820. The van der Waals surface area contributed by atoms with Crippen LogP contribution in [0.4, 0.5) is 0 Å². The van der Waals surface area contributed by atoms with Gasteiger partial charge in [-0.15, -0.1) is 0 Å². The van der Waals surface area contributed by atoms with E-state index in [9.17, 15) is 0 Å². The summed E-state index contributed by atoms with van der Waals surface area (Å²) in [7, 11) is 0. The molecular formula is C13H22N6. The van der Waals surface area contributed by atoms with Gasteiger partial charge in [-0.3, -0.25) is 0 Å². The molecule has 2 aromatic heterocycles. The predicted octanol–water partition coefficient (Wildman–Crippen LogP) is 1.43. The van der Waals surface area contributed by atoms with Gasteiger partial charge in [0.15, 0.2) is 0 Å². The summed E-state index contributed by atoms with van der Waals surface area (Å²) in [6, 6.07) is 0.470. The normalized spacial score (nSPS) is 11.4. The van der Waals surface area contributed by atoms with E-state index in [4.69, 9.17) is 0 Å². The summed E-state index contributed by atoms with van der Waals surface area (Å²) in [4.78, 5) is 8.69. The molecule has 0 spiro atoms. The van der Waals surface area contributed by atoms with E-state index in [1.807, 2.05) is 15.6 Å². The maximum absolute atomic E-state index is 4.39. The molecule has 0 radical (unpaired) electrons. The van der Waals surface area contributed by atoms with Crippen molar-refractivity contribution in [1.29, 1.82) is 0 Å². The highest BCUT2D eigenvalue weighted by Crippen LogP contribution is 2.02. The fourth-order valence-corrected chi connectivity index (χ4v) is 1.87. The minimum Gasteiger partial charge on any atom is -0.330 e. The van der Waals surface area contributed by atoms with E-state index >= 15 is 0 Å². The van der Waals surface area contributed by atoms with E-state index in [-0.39, 0.29) is 0 Å². The lowest BCUT2D eigenvalue weighted by atomic mass is 10.3. The molecule has 2 rings (SSSR count). The Kier molecular flexibility index (Phi) is 4.68. The molecule has 0 fully saturated rings. The van der Waals surface area contributed by atoms with Crippen LogP contribution in [0.15, 0.2) is 18.9 Å². The average molecular weight is 262 g/mol. The highest BCUT2D eigenvalue weighted by Gasteiger charge is 2.06. The minimum atomic E-state index is 0.470. The fraction of sp³-hybridized carbons (Fsp3) is 0.615. The van der Waals surface area contributed by atoms with E-state index < -0.39 is 0 Å². The Hall–Kier alpha value is -1.69. The largest absolute Gasteiger partial charge is 0.330 e. The van der Waals surface area contributed by atoms with Gasteiger partial charge in [-0.2, -0.15) is 5.10 Å². The van der Waals surface area contributed by atoms with Crippen LogP contribution < -0.4 is 5.32 Å². The second-order valence-electron chi connectivity index (χ2n) is 4.97. The van der Waals surface area contributed by atoms with Crippen molar-refractivity contribution in [3.63, 3.8) is 0 Å². The molecule has 0 amide bonds. The van der Waals surface area contributed by atoms with E-state index in [0.717, 1.165) is 31.0 Å². The number of aryl methyl sites for hydroxylation is 1. The maximum Gasteiger partial charge on any atom is 0.146 e. The Balaban J connectivity index is 1.97. The van der Waals surface area contributed by atoms with Gasteiger partial charge in [0.2, 0.25) is 0 Å². The Bertz CT molecular complexity index is 499. The van der Waals surface area contributed by atoms with Gasteiger partial charge in [-0.1, -0.05) is 20.8 Å². The van der Waals surface area contributed by atoms with Crippen LogP contribution in [-0.4, -0.2) is 30.4 Å². The van der Waals surface area contributed by atoms with Crippen LogP contribution in [0.1, 0.15) is 38.7 Å². The number of rotatable bonds is 7. The molecule has 0 bridgehead atoms. The van der Waals surface area contributed by atoms with Crippen LogP contribution in [0.2, 0.25) is 0 Å². The lowest BCUT2D eigenvalue weighted by Crippen LogP contribution is -2.21. The fourth-order valence-electron chi connectivity index (χ4n) is 1.87. The smallest absolute Gasteiger partial charge is 0.146 e. The van der Waals surface area contributed by atoms with Crippen molar-refractivity contribution >= 4 is 0 Å². The van der Waals surface area contributed by atoms with Gasteiger partial charge < -0.3 is 9.88 Å². The monoisotopic (exact) mass is 262 g/mol.